The monoisotopic (exact) mass is 322 g/mol. The second-order valence-corrected chi connectivity index (χ2v) is 6.44. The molecular formula is C17H26N2O2S. The van der Waals surface area contributed by atoms with E-state index in [0.717, 1.165) is 29.8 Å². The van der Waals surface area contributed by atoms with E-state index in [4.69, 9.17) is 4.74 Å². The van der Waals surface area contributed by atoms with E-state index in [9.17, 15) is 4.79 Å². The van der Waals surface area contributed by atoms with Crippen molar-refractivity contribution in [3.05, 3.63) is 24.3 Å². The van der Waals surface area contributed by atoms with Crippen molar-refractivity contribution in [3.63, 3.8) is 0 Å². The molecule has 2 rings (SSSR count). The largest absolute Gasteiger partial charge is 0.353 e. The summed E-state index contributed by atoms with van der Waals surface area (Å²) in [6, 6.07) is 8.01. The number of amides is 2. The molecular weight excluding hydrogens is 296 g/mol. The van der Waals surface area contributed by atoms with Crippen molar-refractivity contribution in [1.82, 2.24) is 4.90 Å². The molecule has 0 aromatic heterocycles. The van der Waals surface area contributed by atoms with Crippen molar-refractivity contribution >= 4 is 23.5 Å². The molecule has 1 fully saturated rings. The highest BCUT2D eigenvalue weighted by Gasteiger charge is 2.47. The Hall–Kier alpha value is -1.20. The summed E-state index contributed by atoms with van der Waals surface area (Å²) in [7, 11) is 0. The molecule has 1 aliphatic heterocycles. The highest BCUT2D eigenvalue weighted by Crippen LogP contribution is 2.35. The summed E-state index contributed by atoms with van der Waals surface area (Å²) in [6.45, 7) is 6.88. The Balaban J connectivity index is 2.21. The van der Waals surface area contributed by atoms with Gasteiger partial charge >= 0.3 is 6.03 Å². The van der Waals surface area contributed by atoms with Gasteiger partial charge in [0.25, 0.3) is 0 Å². The number of ether oxygens (including phenoxy) is 1. The molecule has 0 spiro atoms. The van der Waals surface area contributed by atoms with Crippen LogP contribution in [0.1, 0.15) is 40.0 Å². The van der Waals surface area contributed by atoms with E-state index >= 15 is 0 Å². The van der Waals surface area contributed by atoms with Gasteiger partial charge in [-0.1, -0.05) is 26.8 Å². The van der Waals surface area contributed by atoms with Gasteiger partial charge in [-0.05, 0) is 43.7 Å². The number of urea groups is 1. The number of carbonyl (C=O) groups excluding carboxylic acids is 1. The van der Waals surface area contributed by atoms with Crippen molar-refractivity contribution in [3.8, 4) is 0 Å². The van der Waals surface area contributed by atoms with Crippen LogP contribution in [0.2, 0.25) is 0 Å². The zero-order chi connectivity index (χ0) is 16.2. The molecule has 4 nitrogen and oxygen atoms in total. The third-order valence-electron chi connectivity index (χ3n) is 4.46. The Labute approximate surface area is 137 Å². The Morgan fingerprint density at radius 2 is 2.14 bits per heavy atom. The minimum Gasteiger partial charge on any atom is -0.353 e. The van der Waals surface area contributed by atoms with Crippen molar-refractivity contribution in [2.24, 2.45) is 0 Å². The van der Waals surface area contributed by atoms with Gasteiger partial charge in [-0.3, -0.25) is 4.90 Å². The van der Waals surface area contributed by atoms with E-state index in [1.165, 1.54) is 0 Å². The quantitative estimate of drug-likeness (QED) is 0.808. The van der Waals surface area contributed by atoms with Crippen LogP contribution in [0.25, 0.3) is 0 Å². The molecule has 2 amide bonds. The molecule has 1 saturated heterocycles. The summed E-state index contributed by atoms with van der Waals surface area (Å²) in [5.74, 6) is 0. The van der Waals surface area contributed by atoms with E-state index in [0.29, 0.717) is 6.61 Å². The van der Waals surface area contributed by atoms with Crippen LogP contribution < -0.4 is 5.32 Å². The summed E-state index contributed by atoms with van der Waals surface area (Å²) < 4.78 is 6.02. The summed E-state index contributed by atoms with van der Waals surface area (Å²) >= 11 is 1.67. The molecule has 1 aromatic rings. The smallest absolute Gasteiger partial charge is 0.324 e. The molecule has 0 aliphatic carbocycles. The van der Waals surface area contributed by atoms with Crippen LogP contribution in [-0.2, 0) is 4.74 Å². The zero-order valence-corrected chi connectivity index (χ0v) is 14.7. The highest BCUT2D eigenvalue weighted by molar-refractivity contribution is 7.98. The molecule has 0 saturated carbocycles. The molecule has 1 heterocycles. The van der Waals surface area contributed by atoms with Gasteiger partial charge in [0.05, 0.1) is 12.6 Å². The lowest BCUT2D eigenvalue weighted by Crippen LogP contribution is -2.52. The van der Waals surface area contributed by atoms with Gasteiger partial charge < -0.3 is 10.1 Å². The predicted molar refractivity (Wildman–Crippen MR) is 92.4 cm³/mol. The third kappa shape index (κ3) is 3.25. The van der Waals surface area contributed by atoms with Crippen LogP contribution in [-0.4, -0.2) is 35.6 Å². The third-order valence-corrected chi connectivity index (χ3v) is 5.19. The van der Waals surface area contributed by atoms with Gasteiger partial charge in [-0.2, -0.15) is 0 Å². The number of hydrogen-bond acceptors (Lipinski definition) is 3. The number of thioether (sulfide) groups is 1. The zero-order valence-electron chi connectivity index (χ0n) is 13.9. The average Bonchev–Trinajstić information content (AvgIpc) is 2.94. The molecule has 1 aromatic carbocycles. The summed E-state index contributed by atoms with van der Waals surface area (Å²) in [5.41, 5.74) is 0.363. The van der Waals surface area contributed by atoms with Gasteiger partial charge in [0, 0.05) is 10.6 Å². The van der Waals surface area contributed by atoms with Crippen LogP contribution in [0.4, 0.5) is 10.5 Å². The van der Waals surface area contributed by atoms with Crippen LogP contribution in [0, 0.1) is 0 Å². The fraction of sp³-hybridized carbons (Fsp3) is 0.588. The number of anilines is 1. The van der Waals surface area contributed by atoms with Crippen molar-refractivity contribution in [1.29, 1.82) is 0 Å². The lowest BCUT2D eigenvalue weighted by Gasteiger charge is -2.38. The maximum atomic E-state index is 12.8. The summed E-state index contributed by atoms with van der Waals surface area (Å²) in [5, 5.41) is 3.04. The van der Waals surface area contributed by atoms with Gasteiger partial charge in [-0.15, -0.1) is 11.8 Å². The number of benzene rings is 1. The molecule has 5 heteroatoms. The van der Waals surface area contributed by atoms with Crippen LogP contribution >= 0.6 is 11.8 Å². The maximum absolute atomic E-state index is 12.8. The molecule has 0 bridgehead atoms. The lowest BCUT2D eigenvalue weighted by atomic mass is 10.0. The number of nitrogens with one attached hydrogen (secondary N) is 1. The molecule has 0 radical (unpaired) electrons. The molecule has 1 atom stereocenters. The normalized spacial score (nSPS) is 20.2. The van der Waals surface area contributed by atoms with Crippen molar-refractivity contribution in [2.45, 2.75) is 56.7 Å². The van der Waals surface area contributed by atoms with Gasteiger partial charge in [0.2, 0.25) is 0 Å². The summed E-state index contributed by atoms with van der Waals surface area (Å²) in [6.07, 6.45) is 4.54. The van der Waals surface area contributed by atoms with Crippen LogP contribution in [0.15, 0.2) is 29.2 Å². The average molecular weight is 322 g/mol. The van der Waals surface area contributed by atoms with Crippen LogP contribution in [0.5, 0.6) is 0 Å². The van der Waals surface area contributed by atoms with Gasteiger partial charge in [-0.25, -0.2) is 4.79 Å². The molecule has 1 unspecified atom stereocenters. The SMILES string of the molecule is CCC1COC(CC)(CC)N1C(=O)Nc1cccc(SC)c1. The number of hydrogen-bond donors (Lipinski definition) is 1. The minimum atomic E-state index is -0.470. The fourth-order valence-electron chi connectivity index (χ4n) is 3.06. The molecule has 22 heavy (non-hydrogen) atoms. The minimum absolute atomic E-state index is 0.0636. The first-order valence-corrected chi connectivity index (χ1v) is 9.21. The molecule has 1 aliphatic rings. The number of nitrogens with zero attached hydrogens (tertiary/aromatic N) is 1. The topological polar surface area (TPSA) is 41.6 Å². The summed E-state index contributed by atoms with van der Waals surface area (Å²) in [4.78, 5) is 15.9. The van der Waals surface area contributed by atoms with E-state index < -0.39 is 5.72 Å². The maximum Gasteiger partial charge on any atom is 0.324 e. The van der Waals surface area contributed by atoms with Gasteiger partial charge in [0.15, 0.2) is 0 Å². The Kier molecular flexibility index (Phi) is 5.75. The lowest BCUT2D eigenvalue weighted by molar-refractivity contribution is -0.0684. The molecule has 122 valence electrons. The van der Waals surface area contributed by atoms with Gasteiger partial charge in [0.1, 0.15) is 5.72 Å². The van der Waals surface area contributed by atoms with Crippen molar-refractivity contribution < 1.29 is 9.53 Å². The second-order valence-electron chi connectivity index (χ2n) is 5.56. The fourth-order valence-corrected chi connectivity index (χ4v) is 3.52. The van der Waals surface area contributed by atoms with E-state index in [1.54, 1.807) is 11.8 Å². The number of carbonyl (C=O) groups is 1. The van der Waals surface area contributed by atoms with Crippen molar-refractivity contribution in [2.75, 3.05) is 18.2 Å². The highest BCUT2D eigenvalue weighted by atomic mass is 32.2. The van der Waals surface area contributed by atoms with E-state index in [-0.39, 0.29) is 12.1 Å². The molecule has 1 N–H and O–H groups in total. The van der Waals surface area contributed by atoms with Crippen LogP contribution in [0.3, 0.4) is 0 Å². The Morgan fingerprint density at radius 3 is 2.73 bits per heavy atom. The first-order valence-electron chi connectivity index (χ1n) is 7.98. The predicted octanol–water partition coefficient (Wildman–Crippen LogP) is 4.57. The Morgan fingerprint density at radius 1 is 1.41 bits per heavy atom. The first kappa shape index (κ1) is 17.2. The first-order chi connectivity index (χ1) is 10.6. The second kappa shape index (κ2) is 7.38. The standard InChI is InChI=1S/C17H26N2O2S/c1-5-14-12-21-17(6-2,7-3)19(14)16(20)18-13-9-8-10-15(11-13)22-4/h8-11,14H,5-7,12H2,1-4H3,(H,18,20). The Bertz CT molecular complexity index is 517. The number of rotatable bonds is 5. The van der Waals surface area contributed by atoms with E-state index in [2.05, 4.69) is 26.1 Å². The van der Waals surface area contributed by atoms with E-state index in [1.807, 2.05) is 35.4 Å².